The molecule has 1 unspecified atom stereocenters. The highest BCUT2D eigenvalue weighted by Gasteiger charge is 2.15. The summed E-state index contributed by atoms with van der Waals surface area (Å²) in [6.07, 6.45) is 0.972. The normalized spacial score (nSPS) is 11.9. The Morgan fingerprint density at radius 3 is 2.40 bits per heavy atom. The summed E-state index contributed by atoms with van der Waals surface area (Å²) in [4.78, 5) is 12.1. The second kappa shape index (κ2) is 8.86. The number of amides is 1. The van der Waals surface area contributed by atoms with Gasteiger partial charge < -0.3 is 10.1 Å². The van der Waals surface area contributed by atoms with Gasteiger partial charge in [0.05, 0.1) is 0 Å². The van der Waals surface area contributed by atoms with Crippen LogP contribution in [0.5, 0.6) is 5.75 Å². The Labute approximate surface area is 153 Å². The van der Waals surface area contributed by atoms with E-state index >= 15 is 0 Å². The van der Waals surface area contributed by atoms with E-state index in [1.807, 2.05) is 26.0 Å². The van der Waals surface area contributed by atoms with Crippen molar-refractivity contribution in [2.45, 2.75) is 39.7 Å². The summed E-state index contributed by atoms with van der Waals surface area (Å²) in [6, 6.07) is 10.1. The van der Waals surface area contributed by atoms with Crippen LogP contribution in [0.2, 0.25) is 5.02 Å². The zero-order valence-corrected chi connectivity index (χ0v) is 15.5. The van der Waals surface area contributed by atoms with Crippen molar-refractivity contribution in [2.75, 3.05) is 6.54 Å². The van der Waals surface area contributed by atoms with Gasteiger partial charge in [-0.2, -0.15) is 0 Å². The average Bonchev–Trinajstić information content (AvgIpc) is 2.57. The lowest BCUT2D eigenvalue weighted by Crippen LogP contribution is -2.37. The molecular weight excluding hydrogens is 341 g/mol. The molecule has 1 atom stereocenters. The minimum atomic E-state index is -0.592. The van der Waals surface area contributed by atoms with E-state index in [1.54, 1.807) is 19.1 Å². The van der Waals surface area contributed by atoms with Gasteiger partial charge in [0.25, 0.3) is 5.91 Å². The van der Waals surface area contributed by atoms with Crippen LogP contribution in [0.15, 0.2) is 36.4 Å². The van der Waals surface area contributed by atoms with Crippen LogP contribution in [0.4, 0.5) is 4.39 Å². The molecule has 0 heterocycles. The molecule has 0 saturated heterocycles. The minimum Gasteiger partial charge on any atom is -0.481 e. The van der Waals surface area contributed by atoms with Crippen LogP contribution in [0.25, 0.3) is 0 Å². The largest absolute Gasteiger partial charge is 0.481 e. The maximum Gasteiger partial charge on any atom is 0.260 e. The topological polar surface area (TPSA) is 38.3 Å². The van der Waals surface area contributed by atoms with Crippen molar-refractivity contribution in [3.63, 3.8) is 0 Å². The summed E-state index contributed by atoms with van der Waals surface area (Å²) in [5.41, 5.74) is 2.89. The molecule has 2 rings (SSSR count). The number of halogens is 2. The Hall–Kier alpha value is -2.07. The van der Waals surface area contributed by atoms with E-state index in [9.17, 15) is 9.18 Å². The van der Waals surface area contributed by atoms with Crippen molar-refractivity contribution >= 4 is 17.5 Å². The van der Waals surface area contributed by atoms with Gasteiger partial charge in [-0.25, -0.2) is 4.39 Å². The third kappa shape index (κ3) is 5.75. The van der Waals surface area contributed by atoms with Gasteiger partial charge in [0, 0.05) is 11.6 Å². The zero-order chi connectivity index (χ0) is 18.4. The van der Waals surface area contributed by atoms with Crippen molar-refractivity contribution in [2.24, 2.45) is 0 Å². The lowest BCUT2D eigenvalue weighted by molar-refractivity contribution is -0.127. The molecule has 1 amide bonds. The SMILES string of the molecule is Cc1cc(OC(C)C(=O)NCCCc2ccc(F)cc2)cc(C)c1Cl. The maximum absolute atomic E-state index is 12.8. The number of hydrogen-bond acceptors (Lipinski definition) is 2. The van der Waals surface area contributed by atoms with Crippen LogP contribution in [-0.4, -0.2) is 18.6 Å². The van der Waals surface area contributed by atoms with Crippen LogP contribution >= 0.6 is 11.6 Å². The van der Waals surface area contributed by atoms with Crippen molar-refractivity contribution in [3.05, 3.63) is 63.9 Å². The predicted molar refractivity (Wildman–Crippen MR) is 98.7 cm³/mol. The molecule has 0 bridgehead atoms. The number of rotatable bonds is 7. The van der Waals surface area contributed by atoms with E-state index in [2.05, 4.69) is 5.32 Å². The first-order valence-corrected chi connectivity index (χ1v) is 8.70. The van der Waals surface area contributed by atoms with Crippen LogP contribution in [-0.2, 0) is 11.2 Å². The summed E-state index contributed by atoms with van der Waals surface area (Å²) < 4.78 is 18.6. The van der Waals surface area contributed by atoms with E-state index in [4.69, 9.17) is 16.3 Å². The van der Waals surface area contributed by atoms with Gasteiger partial charge in [-0.1, -0.05) is 23.7 Å². The van der Waals surface area contributed by atoms with Gasteiger partial charge in [0.15, 0.2) is 6.10 Å². The molecule has 0 aliphatic heterocycles. The fraction of sp³-hybridized carbons (Fsp3) is 0.350. The quantitative estimate of drug-likeness (QED) is 0.729. The molecule has 2 aromatic rings. The first-order valence-electron chi connectivity index (χ1n) is 8.32. The molecule has 0 fully saturated rings. The molecule has 134 valence electrons. The standard InChI is InChI=1S/C20H23ClFNO2/c1-13-11-18(12-14(2)19(13)21)25-15(3)20(24)23-10-4-5-16-6-8-17(22)9-7-16/h6-9,11-12,15H,4-5,10H2,1-3H3,(H,23,24). The van der Waals surface area contributed by atoms with Crippen LogP contribution in [0.1, 0.15) is 30.0 Å². The fourth-order valence-electron chi connectivity index (χ4n) is 2.53. The number of benzene rings is 2. The highest BCUT2D eigenvalue weighted by molar-refractivity contribution is 6.32. The van der Waals surface area contributed by atoms with Gasteiger partial charge in [0.2, 0.25) is 0 Å². The number of aryl methyl sites for hydroxylation is 3. The van der Waals surface area contributed by atoms with Crippen molar-refractivity contribution in [1.29, 1.82) is 0 Å². The molecule has 3 nitrogen and oxygen atoms in total. The molecule has 0 radical (unpaired) electrons. The molecule has 0 spiro atoms. The van der Waals surface area contributed by atoms with E-state index in [0.29, 0.717) is 17.3 Å². The number of nitrogens with one attached hydrogen (secondary N) is 1. The Bertz CT molecular complexity index is 708. The van der Waals surface area contributed by atoms with Crippen LogP contribution in [0, 0.1) is 19.7 Å². The summed E-state index contributed by atoms with van der Waals surface area (Å²) >= 11 is 6.14. The van der Waals surface area contributed by atoms with Crippen molar-refractivity contribution in [3.8, 4) is 5.75 Å². The van der Waals surface area contributed by atoms with E-state index in [0.717, 1.165) is 29.5 Å². The Balaban J connectivity index is 1.77. The smallest absolute Gasteiger partial charge is 0.260 e. The maximum atomic E-state index is 12.8. The summed E-state index contributed by atoms with van der Waals surface area (Å²) in [5.74, 6) is 0.230. The fourth-order valence-corrected chi connectivity index (χ4v) is 2.64. The van der Waals surface area contributed by atoms with Gasteiger partial charge in [-0.3, -0.25) is 4.79 Å². The summed E-state index contributed by atoms with van der Waals surface area (Å²) in [5, 5.41) is 3.57. The molecule has 2 aromatic carbocycles. The molecular formula is C20H23ClFNO2. The van der Waals surface area contributed by atoms with Crippen LogP contribution in [0.3, 0.4) is 0 Å². The van der Waals surface area contributed by atoms with Gasteiger partial charge in [0.1, 0.15) is 11.6 Å². The van der Waals surface area contributed by atoms with E-state index in [1.165, 1.54) is 12.1 Å². The first kappa shape index (κ1) is 19.3. The second-order valence-electron chi connectivity index (χ2n) is 6.15. The number of carbonyl (C=O) groups is 1. The molecule has 1 N–H and O–H groups in total. The Kier molecular flexibility index (Phi) is 6.82. The Morgan fingerprint density at radius 1 is 1.20 bits per heavy atom. The molecule has 25 heavy (non-hydrogen) atoms. The number of ether oxygens (including phenoxy) is 1. The van der Waals surface area contributed by atoms with Gasteiger partial charge in [-0.15, -0.1) is 0 Å². The highest BCUT2D eigenvalue weighted by Crippen LogP contribution is 2.26. The third-order valence-corrected chi connectivity index (χ3v) is 4.54. The third-order valence-electron chi connectivity index (χ3n) is 3.95. The van der Waals surface area contributed by atoms with E-state index < -0.39 is 6.10 Å². The lowest BCUT2D eigenvalue weighted by atomic mass is 10.1. The molecule has 0 aliphatic rings. The number of carbonyl (C=O) groups excluding carboxylic acids is 1. The van der Waals surface area contributed by atoms with Gasteiger partial charge in [-0.05, 0) is 74.6 Å². The number of hydrogen-bond donors (Lipinski definition) is 1. The Morgan fingerprint density at radius 2 is 1.80 bits per heavy atom. The summed E-state index contributed by atoms with van der Waals surface area (Å²) in [6.45, 7) is 6.07. The summed E-state index contributed by atoms with van der Waals surface area (Å²) in [7, 11) is 0. The minimum absolute atomic E-state index is 0.163. The van der Waals surface area contributed by atoms with Gasteiger partial charge >= 0.3 is 0 Å². The highest BCUT2D eigenvalue weighted by atomic mass is 35.5. The monoisotopic (exact) mass is 363 g/mol. The van der Waals surface area contributed by atoms with Crippen molar-refractivity contribution in [1.82, 2.24) is 5.32 Å². The second-order valence-corrected chi connectivity index (χ2v) is 6.53. The molecule has 0 aromatic heterocycles. The lowest BCUT2D eigenvalue weighted by Gasteiger charge is -2.16. The predicted octanol–water partition coefficient (Wildman–Crippen LogP) is 4.61. The first-order chi connectivity index (χ1) is 11.9. The average molecular weight is 364 g/mol. The van der Waals surface area contributed by atoms with Crippen LogP contribution < -0.4 is 10.1 Å². The zero-order valence-electron chi connectivity index (χ0n) is 14.7. The van der Waals surface area contributed by atoms with Crippen molar-refractivity contribution < 1.29 is 13.9 Å². The molecule has 5 heteroatoms. The van der Waals surface area contributed by atoms with E-state index in [-0.39, 0.29) is 11.7 Å². The molecule has 0 aliphatic carbocycles. The molecule has 0 saturated carbocycles.